The summed E-state index contributed by atoms with van der Waals surface area (Å²) in [6, 6.07) is 18.4. The van der Waals surface area contributed by atoms with E-state index in [1.807, 2.05) is 41.3 Å². The zero-order chi connectivity index (χ0) is 29.1. The maximum Gasteiger partial charge on any atom is 0.331 e. The molecule has 0 unspecified atom stereocenters. The van der Waals surface area contributed by atoms with Crippen molar-refractivity contribution in [3.8, 4) is 0 Å². The number of rotatable bonds is 8. The molecule has 1 aromatic heterocycles. The lowest BCUT2D eigenvalue weighted by Crippen LogP contribution is -2.51. The van der Waals surface area contributed by atoms with Gasteiger partial charge in [0.15, 0.2) is 0 Å². The Morgan fingerprint density at radius 2 is 1.46 bits per heavy atom. The minimum absolute atomic E-state index is 0.103. The van der Waals surface area contributed by atoms with E-state index in [1.54, 1.807) is 13.0 Å². The van der Waals surface area contributed by atoms with Crippen LogP contribution in [0.5, 0.6) is 0 Å². The molecule has 1 fully saturated rings. The first-order valence-corrected chi connectivity index (χ1v) is 13.5. The van der Waals surface area contributed by atoms with Gasteiger partial charge in [-0.2, -0.15) is 0 Å². The summed E-state index contributed by atoms with van der Waals surface area (Å²) < 4.78 is 45.2. The van der Waals surface area contributed by atoms with Gasteiger partial charge in [-0.05, 0) is 42.3 Å². The Labute approximate surface area is 235 Å². The van der Waals surface area contributed by atoms with Crippen molar-refractivity contribution in [1.29, 1.82) is 0 Å². The van der Waals surface area contributed by atoms with Crippen LogP contribution in [0.1, 0.15) is 28.4 Å². The van der Waals surface area contributed by atoms with Crippen LogP contribution in [-0.2, 0) is 19.6 Å². The Bertz CT molecular complexity index is 1630. The molecule has 214 valence electrons. The summed E-state index contributed by atoms with van der Waals surface area (Å²) in [6.07, 6.45) is 0. The van der Waals surface area contributed by atoms with Gasteiger partial charge in [-0.25, -0.2) is 18.0 Å². The van der Waals surface area contributed by atoms with Crippen LogP contribution in [0.15, 0.2) is 82.4 Å². The van der Waals surface area contributed by atoms with Gasteiger partial charge in [0, 0.05) is 50.0 Å². The molecule has 1 saturated heterocycles. The minimum Gasteiger partial charge on any atom is -0.363 e. The second kappa shape index (κ2) is 12.2. The number of hydrogen-bond donors (Lipinski definition) is 1. The molecule has 41 heavy (non-hydrogen) atoms. The third kappa shape index (κ3) is 6.13. The van der Waals surface area contributed by atoms with Crippen LogP contribution in [0, 0.1) is 24.4 Å². The van der Waals surface area contributed by atoms with Crippen LogP contribution < -0.4 is 21.9 Å². The highest BCUT2D eigenvalue weighted by molar-refractivity contribution is 5.50. The van der Waals surface area contributed by atoms with Gasteiger partial charge in [0.1, 0.15) is 23.1 Å². The van der Waals surface area contributed by atoms with Crippen LogP contribution >= 0.6 is 0 Å². The van der Waals surface area contributed by atoms with E-state index in [-0.39, 0.29) is 24.5 Å². The molecule has 0 amide bonds. The Morgan fingerprint density at radius 1 is 0.805 bits per heavy atom. The highest BCUT2D eigenvalue weighted by atomic mass is 19.1. The molecule has 1 aliphatic heterocycles. The van der Waals surface area contributed by atoms with Crippen molar-refractivity contribution in [3.63, 3.8) is 0 Å². The second-order valence-electron chi connectivity index (χ2n) is 10.3. The normalized spacial score (nSPS) is 14.8. The fraction of sp³-hybridized carbons (Fsp3) is 0.290. The van der Waals surface area contributed by atoms with E-state index < -0.39 is 28.9 Å². The molecule has 3 aromatic carbocycles. The molecule has 5 rings (SSSR count). The summed E-state index contributed by atoms with van der Waals surface area (Å²) in [7, 11) is 0. The van der Waals surface area contributed by atoms with E-state index in [4.69, 9.17) is 5.73 Å². The Morgan fingerprint density at radius 3 is 2.12 bits per heavy atom. The molecule has 7 nitrogen and oxygen atoms in total. The smallest absolute Gasteiger partial charge is 0.331 e. The maximum absolute atomic E-state index is 14.6. The van der Waals surface area contributed by atoms with Crippen LogP contribution in [0.2, 0.25) is 0 Å². The topological polar surface area (TPSA) is 76.5 Å². The first kappa shape index (κ1) is 28.4. The van der Waals surface area contributed by atoms with E-state index in [9.17, 15) is 22.8 Å². The second-order valence-corrected chi connectivity index (χ2v) is 10.3. The van der Waals surface area contributed by atoms with E-state index in [0.29, 0.717) is 44.1 Å². The highest BCUT2D eigenvalue weighted by Gasteiger charge is 2.26. The Balaban J connectivity index is 1.50. The number of piperazine rings is 1. The predicted octanol–water partition coefficient (Wildman–Crippen LogP) is 3.81. The lowest BCUT2D eigenvalue weighted by Gasteiger charge is -2.37. The van der Waals surface area contributed by atoms with E-state index >= 15 is 0 Å². The van der Waals surface area contributed by atoms with Gasteiger partial charge in [0.2, 0.25) is 0 Å². The van der Waals surface area contributed by atoms with Gasteiger partial charge in [0.25, 0.3) is 5.56 Å². The Hall–Kier alpha value is -4.15. The molecule has 10 heteroatoms. The van der Waals surface area contributed by atoms with Crippen LogP contribution in [-0.4, -0.2) is 40.2 Å². The van der Waals surface area contributed by atoms with Gasteiger partial charge in [-0.1, -0.05) is 48.5 Å². The van der Waals surface area contributed by atoms with Gasteiger partial charge < -0.3 is 10.6 Å². The summed E-state index contributed by atoms with van der Waals surface area (Å²) in [6.45, 7) is 3.85. The van der Waals surface area contributed by atoms with Crippen LogP contribution in [0.4, 0.5) is 18.9 Å². The van der Waals surface area contributed by atoms with Gasteiger partial charge in [-0.15, -0.1) is 0 Å². The minimum atomic E-state index is -0.775. The molecule has 0 bridgehead atoms. The lowest BCUT2D eigenvalue weighted by atomic mass is 10.1. The molecule has 2 heterocycles. The number of nitrogens with two attached hydrogens (primary N) is 1. The van der Waals surface area contributed by atoms with Crippen molar-refractivity contribution in [3.05, 3.63) is 133 Å². The summed E-state index contributed by atoms with van der Waals surface area (Å²) in [4.78, 5) is 31.6. The zero-order valence-corrected chi connectivity index (χ0v) is 22.8. The molecule has 0 saturated carbocycles. The number of anilines is 1. The van der Waals surface area contributed by atoms with E-state index in [2.05, 4.69) is 4.90 Å². The fourth-order valence-corrected chi connectivity index (χ4v) is 5.36. The average molecular weight is 564 g/mol. The molecule has 0 aliphatic carbocycles. The summed E-state index contributed by atoms with van der Waals surface area (Å²) in [5.41, 5.74) is 7.19. The number of hydrogen-bond acceptors (Lipinski definition) is 5. The average Bonchev–Trinajstić information content (AvgIpc) is 2.96. The summed E-state index contributed by atoms with van der Waals surface area (Å²) in [5, 5.41) is 0. The molecule has 0 radical (unpaired) electrons. The number of halogens is 3. The summed E-state index contributed by atoms with van der Waals surface area (Å²) in [5.74, 6) is -1.84. The molecular formula is C31H32F3N5O2. The van der Waals surface area contributed by atoms with Crippen molar-refractivity contribution in [2.75, 3.05) is 31.1 Å². The third-order valence-corrected chi connectivity index (χ3v) is 7.63. The number of aromatic nitrogens is 2. The summed E-state index contributed by atoms with van der Waals surface area (Å²) >= 11 is 0. The monoisotopic (exact) mass is 563 g/mol. The van der Waals surface area contributed by atoms with Gasteiger partial charge >= 0.3 is 5.69 Å². The third-order valence-electron chi connectivity index (χ3n) is 7.63. The van der Waals surface area contributed by atoms with Crippen molar-refractivity contribution < 1.29 is 13.2 Å². The first-order chi connectivity index (χ1) is 19.7. The van der Waals surface area contributed by atoms with Crippen molar-refractivity contribution in [2.24, 2.45) is 5.73 Å². The Kier molecular flexibility index (Phi) is 8.41. The zero-order valence-electron chi connectivity index (χ0n) is 22.8. The molecule has 1 aliphatic rings. The number of nitrogens with zero attached hydrogens (tertiary/aromatic N) is 4. The largest absolute Gasteiger partial charge is 0.363 e. The molecule has 0 spiro atoms. The molecular weight excluding hydrogens is 531 g/mol. The maximum atomic E-state index is 14.6. The standard InChI is InChI=1S/C31H32F3N5O2/c1-21-29(37-15-13-36(14-16-37)18-22-7-5-10-24(32)17-22)30(40)39(20-28(35)23-8-3-2-4-9-23)31(41)38(21)19-25-26(33)11-6-12-27(25)34/h2-12,17,28H,13-16,18-20,35H2,1H3/t28-/m0/s1. The van der Waals surface area contributed by atoms with E-state index in [0.717, 1.165) is 27.8 Å². The number of benzene rings is 3. The fourth-order valence-electron chi connectivity index (χ4n) is 5.36. The van der Waals surface area contributed by atoms with Gasteiger partial charge in [0.05, 0.1) is 13.1 Å². The van der Waals surface area contributed by atoms with Crippen molar-refractivity contribution >= 4 is 5.69 Å². The van der Waals surface area contributed by atoms with E-state index in [1.165, 1.54) is 22.8 Å². The van der Waals surface area contributed by atoms with Crippen molar-refractivity contribution in [2.45, 2.75) is 32.6 Å². The SMILES string of the molecule is Cc1c(N2CCN(Cc3cccc(F)c3)CC2)c(=O)n(C[C@H](N)c2ccccc2)c(=O)n1Cc1c(F)cccc1F. The van der Waals surface area contributed by atoms with Gasteiger partial charge in [-0.3, -0.25) is 18.8 Å². The quantitative estimate of drug-likeness (QED) is 0.353. The molecule has 4 aromatic rings. The first-order valence-electron chi connectivity index (χ1n) is 13.5. The predicted molar refractivity (Wildman–Crippen MR) is 152 cm³/mol. The van der Waals surface area contributed by atoms with Crippen LogP contribution in [0.25, 0.3) is 0 Å². The van der Waals surface area contributed by atoms with Crippen molar-refractivity contribution in [1.82, 2.24) is 14.0 Å². The molecule has 1 atom stereocenters. The highest BCUT2D eigenvalue weighted by Crippen LogP contribution is 2.21. The van der Waals surface area contributed by atoms with Crippen LogP contribution in [0.3, 0.4) is 0 Å². The molecule has 2 N–H and O–H groups in total. The lowest BCUT2D eigenvalue weighted by molar-refractivity contribution is 0.249.